The molecule has 3 rings (SSSR count). The molecule has 3 aromatic rings. The molecule has 164 valence electrons. The van der Waals surface area contributed by atoms with Gasteiger partial charge in [0.1, 0.15) is 0 Å². The predicted octanol–water partition coefficient (Wildman–Crippen LogP) is 5.64. The molecule has 0 bridgehead atoms. The van der Waals surface area contributed by atoms with E-state index in [4.69, 9.17) is 11.6 Å². The van der Waals surface area contributed by atoms with Crippen molar-refractivity contribution in [3.05, 3.63) is 76.6 Å². The number of hydrogen-bond acceptors (Lipinski definition) is 3. The van der Waals surface area contributed by atoms with Gasteiger partial charge in [0.05, 0.1) is 17.4 Å². The average molecular weight is 451 g/mol. The molecule has 0 saturated carbocycles. The van der Waals surface area contributed by atoms with Gasteiger partial charge in [-0.05, 0) is 49.0 Å². The van der Waals surface area contributed by atoms with E-state index in [0.717, 1.165) is 24.8 Å². The summed E-state index contributed by atoms with van der Waals surface area (Å²) < 4.78 is 42.2. The number of anilines is 1. The molecule has 0 atom stereocenters. The second kappa shape index (κ2) is 9.53. The number of carbonyl (C=O) groups is 1. The number of nitrogens with one attached hydrogen (secondary N) is 1. The van der Waals surface area contributed by atoms with Gasteiger partial charge in [0.25, 0.3) is 5.91 Å². The molecule has 1 aromatic heterocycles. The number of aromatic nitrogens is 2. The minimum atomic E-state index is -4.80. The maximum absolute atomic E-state index is 13.8. The maximum atomic E-state index is 13.8. The summed E-state index contributed by atoms with van der Waals surface area (Å²) in [6.45, 7) is 6.50. The molecule has 9 heteroatoms. The SMILES string of the molecule is CCN(CC)Cc1cccc(NC(=O)c2cnn(-c3cccc(Cl)c3)c2C(F)(F)F)c1. The first-order chi connectivity index (χ1) is 14.7. The average Bonchev–Trinajstić information content (AvgIpc) is 3.18. The van der Waals surface area contributed by atoms with E-state index in [0.29, 0.717) is 16.9 Å². The zero-order valence-electron chi connectivity index (χ0n) is 17.1. The van der Waals surface area contributed by atoms with Crippen molar-refractivity contribution in [1.29, 1.82) is 0 Å². The van der Waals surface area contributed by atoms with Crippen LogP contribution in [0.1, 0.15) is 35.5 Å². The van der Waals surface area contributed by atoms with Gasteiger partial charge < -0.3 is 5.32 Å². The maximum Gasteiger partial charge on any atom is 0.434 e. The summed E-state index contributed by atoms with van der Waals surface area (Å²) in [6, 6.07) is 12.9. The lowest BCUT2D eigenvalue weighted by Crippen LogP contribution is -2.22. The van der Waals surface area contributed by atoms with Crippen LogP contribution in [0.4, 0.5) is 18.9 Å². The van der Waals surface area contributed by atoms with E-state index in [-0.39, 0.29) is 10.7 Å². The smallest absolute Gasteiger partial charge is 0.322 e. The highest BCUT2D eigenvalue weighted by atomic mass is 35.5. The quantitative estimate of drug-likeness (QED) is 0.507. The first-order valence-corrected chi connectivity index (χ1v) is 10.1. The molecule has 1 heterocycles. The van der Waals surface area contributed by atoms with Crippen LogP contribution in [0.2, 0.25) is 5.02 Å². The second-order valence-corrected chi connectivity index (χ2v) is 7.35. The van der Waals surface area contributed by atoms with Crippen molar-refractivity contribution in [2.75, 3.05) is 18.4 Å². The van der Waals surface area contributed by atoms with Crippen LogP contribution in [-0.4, -0.2) is 33.7 Å². The number of amides is 1. The number of nitrogens with zero attached hydrogens (tertiary/aromatic N) is 3. The fourth-order valence-electron chi connectivity index (χ4n) is 3.24. The van der Waals surface area contributed by atoms with Crippen LogP contribution in [0.3, 0.4) is 0 Å². The summed E-state index contributed by atoms with van der Waals surface area (Å²) >= 11 is 5.90. The first-order valence-electron chi connectivity index (χ1n) is 9.76. The molecular weight excluding hydrogens is 429 g/mol. The number of halogens is 4. The Morgan fingerprint density at radius 2 is 1.84 bits per heavy atom. The van der Waals surface area contributed by atoms with Crippen molar-refractivity contribution in [1.82, 2.24) is 14.7 Å². The van der Waals surface area contributed by atoms with E-state index in [1.165, 1.54) is 18.2 Å². The zero-order valence-corrected chi connectivity index (χ0v) is 17.8. The largest absolute Gasteiger partial charge is 0.434 e. The van der Waals surface area contributed by atoms with E-state index >= 15 is 0 Å². The van der Waals surface area contributed by atoms with Crippen LogP contribution in [0.25, 0.3) is 5.69 Å². The summed E-state index contributed by atoms with van der Waals surface area (Å²) in [5.74, 6) is -0.888. The lowest BCUT2D eigenvalue weighted by Gasteiger charge is -2.18. The normalized spacial score (nSPS) is 11.7. The number of benzene rings is 2. The molecule has 0 saturated heterocycles. The molecular formula is C22H22ClF3N4O. The Morgan fingerprint density at radius 1 is 1.13 bits per heavy atom. The molecule has 0 radical (unpaired) electrons. The third-order valence-corrected chi connectivity index (χ3v) is 5.06. The van der Waals surface area contributed by atoms with Crippen molar-refractivity contribution in [3.8, 4) is 5.69 Å². The zero-order chi connectivity index (χ0) is 22.6. The Bertz CT molecular complexity index is 1060. The Hall–Kier alpha value is -2.84. The van der Waals surface area contributed by atoms with Crippen molar-refractivity contribution >= 4 is 23.2 Å². The van der Waals surface area contributed by atoms with Gasteiger partial charge in [-0.25, -0.2) is 4.68 Å². The summed E-state index contributed by atoms with van der Waals surface area (Å²) in [4.78, 5) is 14.9. The fourth-order valence-corrected chi connectivity index (χ4v) is 3.43. The summed E-state index contributed by atoms with van der Waals surface area (Å²) in [6.07, 6.45) is -3.88. The second-order valence-electron chi connectivity index (χ2n) is 6.91. The first kappa shape index (κ1) is 22.8. The van der Waals surface area contributed by atoms with Gasteiger partial charge in [0.2, 0.25) is 0 Å². The highest BCUT2D eigenvalue weighted by Gasteiger charge is 2.40. The van der Waals surface area contributed by atoms with Crippen LogP contribution in [0, 0.1) is 0 Å². The molecule has 1 N–H and O–H groups in total. The van der Waals surface area contributed by atoms with Gasteiger partial charge in [-0.1, -0.05) is 43.6 Å². The fraction of sp³-hybridized carbons (Fsp3) is 0.273. The lowest BCUT2D eigenvalue weighted by atomic mass is 10.1. The van der Waals surface area contributed by atoms with Crippen molar-refractivity contribution in [3.63, 3.8) is 0 Å². The topological polar surface area (TPSA) is 50.2 Å². The minimum Gasteiger partial charge on any atom is -0.322 e. The van der Waals surface area contributed by atoms with Gasteiger partial charge in [0, 0.05) is 17.3 Å². The van der Waals surface area contributed by atoms with Crippen molar-refractivity contribution < 1.29 is 18.0 Å². The Kier molecular flexibility index (Phi) is 7.02. The molecule has 31 heavy (non-hydrogen) atoms. The van der Waals surface area contributed by atoms with Crippen LogP contribution in [0.5, 0.6) is 0 Å². The van der Waals surface area contributed by atoms with Crippen LogP contribution in [0.15, 0.2) is 54.7 Å². The highest BCUT2D eigenvalue weighted by molar-refractivity contribution is 6.30. The van der Waals surface area contributed by atoms with E-state index in [1.54, 1.807) is 24.3 Å². The molecule has 2 aromatic carbocycles. The molecule has 0 aliphatic rings. The Morgan fingerprint density at radius 3 is 2.48 bits per heavy atom. The minimum absolute atomic E-state index is 0.111. The predicted molar refractivity (Wildman–Crippen MR) is 115 cm³/mol. The Balaban J connectivity index is 1.91. The summed E-state index contributed by atoms with van der Waals surface area (Å²) in [5, 5.41) is 6.63. The van der Waals surface area contributed by atoms with Crippen molar-refractivity contribution in [2.45, 2.75) is 26.6 Å². The number of carbonyl (C=O) groups excluding carboxylic acids is 1. The van der Waals surface area contributed by atoms with Gasteiger partial charge >= 0.3 is 6.18 Å². The molecule has 0 unspecified atom stereocenters. The van der Waals surface area contributed by atoms with Gasteiger partial charge in [-0.3, -0.25) is 9.69 Å². The van der Waals surface area contributed by atoms with E-state index in [9.17, 15) is 18.0 Å². The number of hydrogen-bond donors (Lipinski definition) is 1. The van der Waals surface area contributed by atoms with E-state index < -0.39 is 23.3 Å². The molecule has 5 nitrogen and oxygen atoms in total. The van der Waals surface area contributed by atoms with Gasteiger partial charge in [-0.15, -0.1) is 0 Å². The van der Waals surface area contributed by atoms with Crippen LogP contribution in [-0.2, 0) is 12.7 Å². The highest BCUT2D eigenvalue weighted by Crippen LogP contribution is 2.34. The summed E-state index contributed by atoms with van der Waals surface area (Å²) in [7, 11) is 0. The van der Waals surface area contributed by atoms with E-state index in [2.05, 4.69) is 15.3 Å². The van der Waals surface area contributed by atoms with Gasteiger partial charge in [-0.2, -0.15) is 18.3 Å². The van der Waals surface area contributed by atoms with Crippen molar-refractivity contribution in [2.24, 2.45) is 0 Å². The monoisotopic (exact) mass is 450 g/mol. The molecule has 1 amide bonds. The number of alkyl halides is 3. The van der Waals surface area contributed by atoms with E-state index in [1.807, 2.05) is 19.9 Å². The van der Waals surface area contributed by atoms with Crippen LogP contribution < -0.4 is 5.32 Å². The number of rotatable bonds is 7. The molecule has 0 spiro atoms. The lowest BCUT2D eigenvalue weighted by molar-refractivity contribution is -0.143. The van der Waals surface area contributed by atoms with Gasteiger partial charge in [0.15, 0.2) is 5.69 Å². The Labute approximate surface area is 183 Å². The standard InChI is InChI=1S/C22H22ClF3N4O/c1-3-29(4-2)14-15-7-5-9-17(11-15)28-21(31)19-13-27-30(20(19)22(24,25)26)18-10-6-8-16(23)12-18/h5-13H,3-4,14H2,1-2H3,(H,28,31). The third kappa shape index (κ3) is 5.45. The molecule has 0 aliphatic carbocycles. The molecule has 0 fully saturated rings. The molecule has 0 aliphatic heterocycles. The summed E-state index contributed by atoms with van der Waals surface area (Å²) in [5.41, 5.74) is -0.251. The third-order valence-electron chi connectivity index (χ3n) is 4.82. The van der Waals surface area contributed by atoms with Crippen LogP contribution >= 0.6 is 11.6 Å².